The maximum Gasteiger partial charge on any atom is 0.0857 e. The van der Waals surface area contributed by atoms with Crippen molar-refractivity contribution in [3.63, 3.8) is 0 Å². The first-order chi connectivity index (χ1) is 9.81. The summed E-state index contributed by atoms with van der Waals surface area (Å²) in [5.74, 6) is 0. The summed E-state index contributed by atoms with van der Waals surface area (Å²) in [5.41, 5.74) is 4.52. The quantitative estimate of drug-likeness (QED) is 0.572. The Morgan fingerprint density at radius 3 is 1.25 bits per heavy atom. The Labute approximate surface area is 121 Å². The summed E-state index contributed by atoms with van der Waals surface area (Å²) in [6.07, 6.45) is 4.59. The van der Waals surface area contributed by atoms with Crippen LogP contribution < -0.4 is 0 Å². The van der Waals surface area contributed by atoms with Crippen molar-refractivity contribution in [1.29, 1.82) is 0 Å². The number of nitrogens with zero attached hydrogens (tertiary/aromatic N) is 2. The van der Waals surface area contributed by atoms with Gasteiger partial charge in [-0.25, -0.2) is 0 Å². The van der Waals surface area contributed by atoms with E-state index in [1.165, 1.54) is 24.0 Å². The van der Waals surface area contributed by atoms with Crippen LogP contribution >= 0.6 is 0 Å². The van der Waals surface area contributed by atoms with E-state index in [2.05, 4.69) is 48.3 Å². The van der Waals surface area contributed by atoms with E-state index in [9.17, 15) is 0 Å². The predicted molar refractivity (Wildman–Crippen MR) is 85.1 cm³/mol. The van der Waals surface area contributed by atoms with Gasteiger partial charge in [0.15, 0.2) is 0 Å². The normalized spacial score (nSPS) is 11.1. The fourth-order valence-corrected chi connectivity index (χ4v) is 2.15. The van der Waals surface area contributed by atoms with Crippen LogP contribution in [0.4, 0.5) is 11.4 Å². The van der Waals surface area contributed by atoms with Gasteiger partial charge in [-0.3, -0.25) is 0 Å². The zero-order valence-electron chi connectivity index (χ0n) is 12.3. The molecule has 104 valence electrons. The van der Waals surface area contributed by atoms with Crippen molar-refractivity contribution in [3.05, 3.63) is 59.7 Å². The molecule has 0 aliphatic rings. The molecule has 20 heavy (non-hydrogen) atoms. The zero-order chi connectivity index (χ0) is 14.2. The minimum absolute atomic E-state index is 0.905. The third-order valence-electron chi connectivity index (χ3n) is 3.23. The molecule has 0 heterocycles. The Balaban J connectivity index is 2.01. The summed E-state index contributed by atoms with van der Waals surface area (Å²) in [7, 11) is 0. The summed E-state index contributed by atoms with van der Waals surface area (Å²) in [6.45, 7) is 4.38. The lowest BCUT2D eigenvalue weighted by atomic mass is 10.1. The maximum atomic E-state index is 4.28. The number of aryl methyl sites for hydroxylation is 2. The van der Waals surface area contributed by atoms with Crippen LogP contribution in [0.5, 0.6) is 0 Å². The van der Waals surface area contributed by atoms with E-state index >= 15 is 0 Å². The van der Waals surface area contributed by atoms with Crippen LogP contribution in [0, 0.1) is 0 Å². The van der Waals surface area contributed by atoms with Crippen molar-refractivity contribution in [2.45, 2.75) is 39.5 Å². The van der Waals surface area contributed by atoms with Crippen LogP contribution in [0.1, 0.15) is 37.8 Å². The highest BCUT2D eigenvalue weighted by Crippen LogP contribution is 2.20. The van der Waals surface area contributed by atoms with E-state index in [-0.39, 0.29) is 0 Å². The first kappa shape index (κ1) is 14.4. The summed E-state index contributed by atoms with van der Waals surface area (Å²) >= 11 is 0. The van der Waals surface area contributed by atoms with E-state index < -0.39 is 0 Å². The Bertz CT molecular complexity index is 487. The SMILES string of the molecule is CCCc1ccc(N=Nc2ccc(CCC)cc2)cc1. The minimum Gasteiger partial charge on any atom is -0.151 e. The zero-order valence-corrected chi connectivity index (χ0v) is 12.3. The van der Waals surface area contributed by atoms with Crippen LogP contribution in [-0.4, -0.2) is 0 Å². The van der Waals surface area contributed by atoms with Crippen molar-refractivity contribution >= 4 is 11.4 Å². The average molecular weight is 266 g/mol. The molecule has 2 aromatic carbocycles. The molecule has 0 unspecified atom stereocenters. The van der Waals surface area contributed by atoms with Crippen LogP contribution in [-0.2, 0) is 12.8 Å². The summed E-state index contributed by atoms with van der Waals surface area (Å²) in [4.78, 5) is 0. The lowest BCUT2D eigenvalue weighted by Gasteiger charge is -1.99. The van der Waals surface area contributed by atoms with Crippen molar-refractivity contribution < 1.29 is 0 Å². The van der Waals surface area contributed by atoms with Gasteiger partial charge in [-0.15, -0.1) is 0 Å². The van der Waals surface area contributed by atoms with Gasteiger partial charge < -0.3 is 0 Å². The van der Waals surface area contributed by atoms with Gasteiger partial charge in [-0.05, 0) is 48.2 Å². The molecule has 0 amide bonds. The number of azo groups is 1. The lowest BCUT2D eigenvalue weighted by molar-refractivity contribution is 0.921. The molecule has 2 rings (SSSR count). The largest absolute Gasteiger partial charge is 0.151 e. The van der Waals surface area contributed by atoms with Gasteiger partial charge in [0.05, 0.1) is 11.4 Å². The summed E-state index contributed by atoms with van der Waals surface area (Å²) in [6, 6.07) is 16.6. The molecule has 0 fully saturated rings. The van der Waals surface area contributed by atoms with Gasteiger partial charge >= 0.3 is 0 Å². The van der Waals surface area contributed by atoms with Gasteiger partial charge in [-0.1, -0.05) is 51.0 Å². The van der Waals surface area contributed by atoms with Gasteiger partial charge in [0, 0.05) is 0 Å². The molecule has 0 N–H and O–H groups in total. The highest BCUT2D eigenvalue weighted by Gasteiger charge is 1.94. The topological polar surface area (TPSA) is 24.7 Å². The minimum atomic E-state index is 0.905. The monoisotopic (exact) mass is 266 g/mol. The van der Waals surface area contributed by atoms with Gasteiger partial charge in [0.1, 0.15) is 0 Å². The highest BCUT2D eigenvalue weighted by molar-refractivity contribution is 5.42. The molecule has 0 saturated carbocycles. The van der Waals surface area contributed by atoms with Gasteiger partial charge in [-0.2, -0.15) is 10.2 Å². The molecule has 2 heteroatoms. The molecular weight excluding hydrogens is 244 g/mol. The van der Waals surface area contributed by atoms with E-state index in [4.69, 9.17) is 0 Å². The molecule has 0 saturated heterocycles. The molecule has 0 aliphatic carbocycles. The average Bonchev–Trinajstić information content (AvgIpc) is 2.49. The number of benzene rings is 2. The van der Waals surface area contributed by atoms with Crippen LogP contribution in [0.25, 0.3) is 0 Å². The van der Waals surface area contributed by atoms with E-state index in [0.717, 1.165) is 24.2 Å². The summed E-state index contributed by atoms with van der Waals surface area (Å²) < 4.78 is 0. The first-order valence-electron chi connectivity index (χ1n) is 7.41. The standard InChI is InChI=1S/C18H22N2/c1-3-5-15-7-11-17(12-8-15)19-20-18-13-9-16(6-4-2)10-14-18/h7-14H,3-6H2,1-2H3. The molecule has 0 atom stereocenters. The second-order valence-electron chi connectivity index (χ2n) is 5.03. The number of hydrogen-bond acceptors (Lipinski definition) is 2. The molecule has 0 bridgehead atoms. The van der Waals surface area contributed by atoms with Gasteiger partial charge in [0.25, 0.3) is 0 Å². The smallest absolute Gasteiger partial charge is 0.0857 e. The molecule has 0 radical (unpaired) electrons. The Hall–Kier alpha value is -1.96. The van der Waals surface area contributed by atoms with Crippen LogP contribution in [0.3, 0.4) is 0 Å². The molecule has 2 aromatic rings. The fourth-order valence-electron chi connectivity index (χ4n) is 2.15. The molecule has 0 aliphatic heterocycles. The third kappa shape index (κ3) is 4.30. The van der Waals surface area contributed by atoms with Gasteiger partial charge in [0.2, 0.25) is 0 Å². The first-order valence-corrected chi connectivity index (χ1v) is 7.41. The van der Waals surface area contributed by atoms with E-state index in [1.807, 2.05) is 24.3 Å². The second kappa shape index (κ2) is 7.59. The van der Waals surface area contributed by atoms with Crippen molar-refractivity contribution in [2.75, 3.05) is 0 Å². The molecule has 0 aromatic heterocycles. The maximum absolute atomic E-state index is 4.28. The Morgan fingerprint density at radius 2 is 0.950 bits per heavy atom. The molecular formula is C18H22N2. The van der Waals surface area contributed by atoms with Crippen LogP contribution in [0.15, 0.2) is 58.8 Å². The second-order valence-corrected chi connectivity index (χ2v) is 5.03. The number of rotatable bonds is 6. The van der Waals surface area contributed by atoms with Crippen molar-refractivity contribution in [1.82, 2.24) is 0 Å². The number of hydrogen-bond donors (Lipinski definition) is 0. The Kier molecular flexibility index (Phi) is 5.48. The molecule has 0 spiro atoms. The predicted octanol–water partition coefficient (Wildman–Crippen LogP) is 6.01. The fraction of sp³-hybridized carbons (Fsp3) is 0.333. The van der Waals surface area contributed by atoms with Crippen LogP contribution in [0.2, 0.25) is 0 Å². The highest BCUT2D eigenvalue weighted by atomic mass is 15.1. The van der Waals surface area contributed by atoms with Crippen molar-refractivity contribution in [2.24, 2.45) is 10.2 Å². The van der Waals surface area contributed by atoms with Crippen molar-refractivity contribution in [3.8, 4) is 0 Å². The van der Waals surface area contributed by atoms with E-state index in [1.54, 1.807) is 0 Å². The Morgan fingerprint density at radius 1 is 0.600 bits per heavy atom. The lowest BCUT2D eigenvalue weighted by Crippen LogP contribution is -1.80. The van der Waals surface area contributed by atoms with E-state index in [0.29, 0.717) is 0 Å². The molecule has 2 nitrogen and oxygen atoms in total. The third-order valence-corrected chi connectivity index (χ3v) is 3.23. The summed E-state index contributed by atoms with van der Waals surface area (Å²) in [5, 5.41) is 8.56.